The molecule has 5 nitrogen and oxygen atoms in total. The van der Waals surface area contributed by atoms with E-state index in [2.05, 4.69) is 25.7 Å². The van der Waals surface area contributed by atoms with Gasteiger partial charge in [-0.2, -0.15) is 0 Å². The van der Waals surface area contributed by atoms with Crippen molar-refractivity contribution in [2.75, 3.05) is 39.8 Å². The molecule has 2 N–H and O–H groups in total. The molecule has 1 amide bonds. The van der Waals surface area contributed by atoms with Gasteiger partial charge in [-0.1, -0.05) is 0 Å². The van der Waals surface area contributed by atoms with E-state index in [-0.39, 0.29) is 17.6 Å². The monoisotopic (exact) mass is 271 g/mol. The van der Waals surface area contributed by atoms with Crippen molar-refractivity contribution >= 4 is 5.91 Å². The molecule has 112 valence electrons. The molecule has 5 heteroatoms. The van der Waals surface area contributed by atoms with Crippen molar-refractivity contribution in [1.29, 1.82) is 0 Å². The molecule has 0 bridgehead atoms. The van der Waals surface area contributed by atoms with Gasteiger partial charge < -0.3 is 15.4 Å². The van der Waals surface area contributed by atoms with Crippen molar-refractivity contribution in [2.24, 2.45) is 5.73 Å². The highest BCUT2D eigenvalue weighted by atomic mass is 16.5. The van der Waals surface area contributed by atoms with E-state index in [9.17, 15) is 4.79 Å². The third-order valence-electron chi connectivity index (χ3n) is 3.41. The van der Waals surface area contributed by atoms with Crippen LogP contribution in [-0.4, -0.2) is 67.2 Å². The predicted molar refractivity (Wildman–Crippen MR) is 77.0 cm³/mol. The molecule has 1 aliphatic heterocycles. The summed E-state index contributed by atoms with van der Waals surface area (Å²) in [6.07, 6.45) is 1.67. The number of carbonyl (C=O) groups excluding carboxylic acids is 1. The fourth-order valence-corrected chi connectivity index (χ4v) is 2.65. The Kier molecular flexibility index (Phi) is 6.23. The van der Waals surface area contributed by atoms with Crippen LogP contribution in [0.5, 0.6) is 0 Å². The Bertz CT molecular complexity index is 294. The quantitative estimate of drug-likeness (QED) is 0.772. The van der Waals surface area contributed by atoms with Gasteiger partial charge in [-0.3, -0.25) is 9.69 Å². The highest BCUT2D eigenvalue weighted by Crippen LogP contribution is 2.20. The van der Waals surface area contributed by atoms with Crippen LogP contribution in [0.15, 0.2) is 0 Å². The molecule has 0 radical (unpaired) electrons. The maximum Gasteiger partial charge on any atom is 0.223 e. The Balaban J connectivity index is 2.33. The number of hydrogen-bond acceptors (Lipinski definition) is 4. The summed E-state index contributed by atoms with van der Waals surface area (Å²) in [6, 6.07) is 0. The lowest BCUT2D eigenvalue weighted by Gasteiger charge is -2.41. The number of hydrogen-bond donors (Lipinski definition) is 1. The Morgan fingerprint density at radius 2 is 2.21 bits per heavy atom. The zero-order chi connectivity index (χ0) is 14.5. The van der Waals surface area contributed by atoms with Crippen LogP contribution >= 0.6 is 0 Å². The first-order valence-corrected chi connectivity index (χ1v) is 7.18. The molecule has 1 unspecified atom stereocenters. The van der Waals surface area contributed by atoms with E-state index in [0.717, 1.165) is 32.6 Å². The van der Waals surface area contributed by atoms with Gasteiger partial charge in [0.2, 0.25) is 5.91 Å². The molecule has 1 fully saturated rings. The van der Waals surface area contributed by atoms with Crippen LogP contribution in [0.25, 0.3) is 0 Å². The summed E-state index contributed by atoms with van der Waals surface area (Å²) < 4.78 is 5.86. The van der Waals surface area contributed by atoms with Gasteiger partial charge in [-0.25, -0.2) is 0 Å². The van der Waals surface area contributed by atoms with Gasteiger partial charge in [-0.05, 0) is 33.7 Å². The van der Waals surface area contributed by atoms with Crippen molar-refractivity contribution < 1.29 is 9.53 Å². The minimum absolute atomic E-state index is 0.119. The van der Waals surface area contributed by atoms with Crippen LogP contribution in [0.1, 0.15) is 33.6 Å². The summed E-state index contributed by atoms with van der Waals surface area (Å²) in [4.78, 5) is 16.1. The highest BCUT2D eigenvalue weighted by molar-refractivity contribution is 5.76. The Morgan fingerprint density at radius 1 is 1.53 bits per heavy atom. The fourth-order valence-electron chi connectivity index (χ4n) is 2.65. The predicted octanol–water partition coefficient (Wildman–Crippen LogP) is 0.683. The summed E-state index contributed by atoms with van der Waals surface area (Å²) >= 11 is 0. The Morgan fingerprint density at radius 3 is 2.79 bits per heavy atom. The molecular formula is C14H29N3O2. The molecule has 1 saturated heterocycles. The van der Waals surface area contributed by atoms with Crippen LogP contribution < -0.4 is 5.73 Å². The summed E-state index contributed by atoms with van der Waals surface area (Å²) in [6.45, 7) is 10.3. The van der Waals surface area contributed by atoms with E-state index in [0.29, 0.717) is 13.0 Å². The number of carbonyl (C=O) groups is 1. The van der Waals surface area contributed by atoms with Crippen molar-refractivity contribution in [3.63, 3.8) is 0 Å². The topological polar surface area (TPSA) is 58.8 Å². The van der Waals surface area contributed by atoms with E-state index in [1.54, 1.807) is 4.90 Å². The van der Waals surface area contributed by atoms with Gasteiger partial charge in [0.15, 0.2) is 0 Å². The third-order valence-corrected chi connectivity index (χ3v) is 3.41. The standard InChI is InChI=1S/C14H29N3O2/c1-12-10-17(11-14(2,3)19-12)9-6-13(18)16(4)8-5-7-15/h12H,5-11,15H2,1-4H3. The zero-order valence-electron chi connectivity index (χ0n) is 12.8. The average molecular weight is 271 g/mol. The molecule has 1 aliphatic rings. The molecule has 0 aromatic heterocycles. The first kappa shape index (κ1) is 16.4. The molecule has 0 spiro atoms. The van der Waals surface area contributed by atoms with E-state index in [1.807, 2.05) is 7.05 Å². The first-order valence-electron chi connectivity index (χ1n) is 7.18. The number of amides is 1. The van der Waals surface area contributed by atoms with Crippen LogP contribution in [0.2, 0.25) is 0 Å². The van der Waals surface area contributed by atoms with Crippen LogP contribution in [0.4, 0.5) is 0 Å². The van der Waals surface area contributed by atoms with Gasteiger partial charge >= 0.3 is 0 Å². The zero-order valence-corrected chi connectivity index (χ0v) is 12.8. The molecule has 0 aromatic rings. The molecule has 1 heterocycles. The van der Waals surface area contributed by atoms with E-state index in [4.69, 9.17) is 10.5 Å². The lowest BCUT2D eigenvalue weighted by atomic mass is 10.1. The Hall–Kier alpha value is -0.650. The van der Waals surface area contributed by atoms with E-state index in [1.165, 1.54) is 0 Å². The van der Waals surface area contributed by atoms with Gasteiger partial charge in [0.05, 0.1) is 11.7 Å². The molecule has 0 saturated carbocycles. The smallest absolute Gasteiger partial charge is 0.223 e. The summed E-state index contributed by atoms with van der Waals surface area (Å²) in [5, 5.41) is 0. The maximum atomic E-state index is 12.0. The van der Waals surface area contributed by atoms with Crippen LogP contribution in [0.3, 0.4) is 0 Å². The Labute approximate surface area is 117 Å². The van der Waals surface area contributed by atoms with Gasteiger partial charge in [-0.15, -0.1) is 0 Å². The fraction of sp³-hybridized carbons (Fsp3) is 0.929. The van der Waals surface area contributed by atoms with E-state index >= 15 is 0 Å². The second-order valence-corrected chi connectivity index (χ2v) is 6.13. The minimum atomic E-state index is -0.119. The van der Waals surface area contributed by atoms with Crippen molar-refractivity contribution in [1.82, 2.24) is 9.80 Å². The van der Waals surface area contributed by atoms with Crippen molar-refractivity contribution in [3.05, 3.63) is 0 Å². The van der Waals surface area contributed by atoms with E-state index < -0.39 is 0 Å². The number of morpholine rings is 1. The molecule has 0 aromatic carbocycles. The second-order valence-electron chi connectivity index (χ2n) is 6.13. The number of rotatable bonds is 6. The largest absolute Gasteiger partial charge is 0.370 e. The molecular weight excluding hydrogens is 242 g/mol. The third kappa shape index (κ3) is 5.89. The second kappa shape index (κ2) is 7.22. The summed E-state index contributed by atoms with van der Waals surface area (Å²) in [7, 11) is 1.85. The first-order chi connectivity index (χ1) is 8.84. The number of nitrogens with two attached hydrogens (primary N) is 1. The average Bonchev–Trinajstić information content (AvgIpc) is 2.30. The molecule has 1 rings (SSSR count). The maximum absolute atomic E-state index is 12.0. The molecule has 1 atom stereocenters. The number of nitrogens with zero attached hydrogens (tertiary/aromatic N) is 2. The molecule has 19 heavy (non-hydrogen) atoms. The van der Waals surface area contributed by atoms with Crippen LogP contribution in [0, 0.1) is 0 Å². The summed E-state index contributed by atoms with van der Waals surface area (Å²) in [5.41, 5.74) is 5.33. The van der Waals surface area contributed by atoms with Crippen molar-refractivity contribution in [2.45, 2.75) is 45.3 Å². The van der Waals surface area contributed by atoms with Gasteiger partial charge in [0.1, 0.15) is 0 Å². The van der Waals surface area contributed by atoms with Gasteiger partial charge in [0, 0.05) is 39.6 Å². The normalized spacial score (nSPS) is 23.3. The highest BCUT2D eigenvalue weighted by Gasteiger charge is 2.31. The SMILES string of the molecule is CC1CN(CCC(=O)N(C)CCCN)CC(C)(C)O1. The minimum Gasteiger partial charge on any atom is -0.370 e. The lowest BCUT2D eigenvalue weighted by Crippen LogP contribution is -2.52. The van der Waals surface area contributed by atoms with Gasteiger partial charge in [0.25, 0.3) is 0 Å². The van der Waals surface area contributed by atoms with Crippen molar-refractivity contribution in [3.8, 4) is 0 Å². The number of ether oxygens (including phenoxy) is 1. The lowest BCUT2D eigenvalue weighted by molar-refractivity contribution is -0.137. The molecule has 0 aliphatic carbocycles. The summed E-state index contributed by atoms with van der Waals surface area (Å²) in [5.74, 6) is 0.199. The van der Waals surface area contributed by atoms with Crippen LogP contribution in [-0.2, 0) is 9.53 Å².